The van der Waals surface area contributed by atoms with Crippen LogP contribution in [0.2, 0.25) is 0 Å². The number of amides is 2. The molecule has 9 heteroatoms. The van der Waals surface area contributed by atoms with Gasteiger partial charge in [0.25, 0.3) is 5.91 Å². The van der Waals surface area contributed by atoms with Crippen molar-refractivity contribution in [2.24, 2.45) is 0 Å². The molecule has 22 heavy (non-hydrogen) atoms. The number of carbonyl (C=O) groups is 2. The van der Waals surface area contributed by atoms with Crippen LogP contribution in [0.3, 0.4) is 0 Å². The number of aromatic nitrogens is 2. The van der Waals surface area contributed by atoms with E-state index in [1.54, 1.807) is 6.20 Å². The molecule has 2 heterocycles. The summed E-state index contributed by atoms with van der Waals surface area (Å²) in [5, 5.41) is 9.07. The molecule has 0 aliphatic heterocycles. The van der Waals surface area contributed by atoms with E-state index >= 15 is 0 Å². The van der Waals surface area contributed by atoms with Gasteiger partial charge in [-0.05, 0) is 13.3 Å². The fourth-order valence-electron chi connectivity index (χ4n) is 1.68. The Kier molecular flexibility index (Phi) is 6.70. The van der Waals surface area contributed by atoms with Gasteiger partial charge < -0.3 is 10.6 Å². The summed E-state index contributed by atoms with van der Waals surface area (Å²) < 4.78 is 0.446. The third-order valence-corrected chi connectivity index (χ3v) is 5.29. The highest BCUT2D eigenvalue weighted by Crippen LogP contribution is 2.28. The number of hydrogen-bond donors (Lipinski definition) is 2. The fraction of sp³-hybridized carbons (Fsp3) is 0.385. The molecule has 0 aliphatic rings. The van der Waals surface area contributed by atoms with Crippen LogP contribution in [0.1, 0.15) is 21.8 Å². The van der Waals surface area contributed by atoms with Crippen LogP contribution in [0.5, 0.6) is 0 Å². The fourth-order valence-corrected chi connectivity index (χ4v) is 3.54. The Labute approximate surface area is 149 Å². The number of hydrogen-bond acceptors (Lipinski definition) is 6. The first-order valence-electron chi connectivity index (χ1n) is 6.60. The number of rotatable bonds is 7. The summed E-state index contributed by atoms with van der Waals surface area (Å²) in [7, 11) is 0. The van der Waals surface area contributed by atoms with E-state index in [1.807, 2.05) is 34.9 Å². The summed E-state index contributed by atoms with van der Waals surface area (Å²) in [6, 6.07) is 0. The van der Waals surface area contributed by atoms with Crippen molar-refractivity contribution >= 4 is 57.1 Å². The molecule has 2 N–H and O–H groups in total. The van der Waals surface area contributed by atoms with E-state index in [9.17, 15) is 9.59 Å². The lowest BCUT2D eigenvalue weighted by atomic mass is 10.3. The Hall–Kier alpha value is -1.07. The summed E-state index contributed by atoms with van der Waals surface area (Å²) >= 11 is 4.98. The lowest BCUT2D eigenvalue weighted by Gasteiger charge is -2.05. The van der Waals surface area contributed by atoms with Crippen molar-refractivity contribution in [2.45, 2.75) is 13.3 Å². The van der Waals surface area contributed by atoms with Gasteiger partial charge in [-0.1, -0.05) is 22.6 Å². The van der Waals surface area contributed by atoms with Gasteiger partial charge in [0.2, 0.25) is 5.91 Å². The van der Waals surface area contributed by atoms with Crippen LogP contribution < -0.4 is 10.6 Å². The highest BCUT2D eigenvalue weighted by atomic mass is 127. The van der Waals surface area contributed by atoms with Crippen LogP contribution in [-0.4, -0.2) is 39.3 Å². The molecular formula is C13H15IN4O2S2. The molecule has 6 nitrogen and oxygen atoms in total. The van der Waals surface area contributed by atoms with Gasteiger partial charge in [-0.3, -0.25) is 9.59 Å². The average molecular weight is 450 g/mol. The number of alkyl halides is 1. The van der Waals surface area contributed by atoms with Gasteiger partial charge >= 0.3 is 0 Å². The number of nitrogens with zero attached hydrogens (tertiary/aromatic N) is 2. The number of aryl methyl sites for hydroxylation is 1. The zero-order chi connectivity index (χ0) is 15.9. The smallest absolute Gasteiger partial charge is 0.271 e. The van der Waals surface area contributed by atoms with E-state index in [2.05, 4.69) is 20.6 Å². The van der Waals surface area contributed by atoms with E-state index in [0.29, 0.717) is 29.6 Å². The standard InChI is InChI=1S/C13H15IN4O2S2/c1-8-10(18-13(22-8)12-17-5-6-21-12)11(20)16-4-2-3-15-9(19)7-14/h5-6H,2-4,7H2,1H3,(H,15,19)(H,16,20). The maximum absolute atomic E-state index is 12.1. The molecule has 118 valence electrons. The first-order valence-corrected chi connectivity index (χ1v) is 9.82. The quantitative estimate of drug-likeness (QED) is 0.385. The Morgan fingerprint density at radius 1 is 1.27 bits per heavy atom. The molecule has 0 saturated heterocycles. The predicted molar refractivity (Wildman–Crippen MR) is 96.8 cm³/mol. The monoisotopic (exact) mass is 450 g/mol. The minimum absolute atomic E-state index is 0.00959. The van der Waals surface area contributed by atoms with Crippen molar-refractivity contribution in [1.29, 1.82) is 0 Å². The second-order valence-electron chi connectivity index (χ2n) is 4.35. The Balaban J connectivity index is 1.84. The second-order valence-corrected chi connectivity index (χ2v) is 7.21. The predicted octanol–water partition coefficient (Wildman–Crippen LogP) is 2.25. The van der Waals surface area contributed by atoms with Crippen molar-refractivity contribution in [3.63, 3.8) is 0 Å². The number of halogens is 1. The molecule has 2 amide bonds. The molecule has 0 aromatic carbocycles. The second kappa shape index (κ2) is 8.53. The SMILES string of the molecule is Cc1sc(-c2nccs2)nc1C(=O)NCCCNC(=O)CI. The van der Waals surface area contributed by atoms with Crippen LogP contribution in [0.4, 0.5) is 0 Å². The molecular weight excluding hydrogens is 435 g/mol. The van der Waals surface area contributed by atoms with E-state index in [0.717, 1.165) is 14.9 Å². The molecule has 0 aliphatic carbocycles. The molecule has 2 aromatic heterocycles. The number of nitrogens with one attached hydrogen (secondary N) is 2. The van der Waals surface area contributed by atoms with E-state index in [1.165, 1.54) is 22.7 Å². The molecule has 2 rings (SSSR count). The zero-order valence-electron chi connectivity index (χ0n) is 11.9. The van der Waals surface area contributed by atoms with Crippen LogP contribution in [0, 0.1) is 6.92 Å². The van der Waals surface area contributed by atoms with Gasteiger partial charge in [-0.25, -0.2) is 9.97 Å². The minimum Gasteiger partial charge on any atom is -0.355 e. The van der Waals surface area contributed by atoms with Gasteiger partial charge in [0.1, 0.15) is 5.69 Å². The maximum Gasteiger partial charge on any atom is 0.271 e. The van der Waals surface area contributed by atoms with Crippen LogP contribution in [0.15, 0.2) is 11.6 Å². The summed E-state index contributed by atoms with van der Waals surface area (Å²) in [6.45, 7) is 2.94. The molecule has 0 unspecified atom stereocenters. The highest BCUT2D eigenvalue weighted by molar-refractivity contribution is 14.1. The van der Waals surface area contributed by atoms with Crippen molar-refractivity contribution in [3.8, 4) is 10.0 Å². The zero-order valence-corrected chi connectivity index (χ0v) is 15.7. The van der Waals surface area contributed by atoms with Crippen LogP contribution in [-0.2, 0) is 4.79 Å². The minimum atomic E-state index is -0.184. The Bertz CT molecular complexity index is 643. The largest absolute Gasteiger partial charge is 0.355 e. The van der Waals surface area contributed by atoms with Crippen molar-refractivity contribution in [1.82, 2.24) is 20.6 Å². The third kappa shape index (κ3) is 4.71. The first kappa shape index (κ1) is 17.3. The lowest BCUT2D eigenvalue weighted by molar-refractivity contribution is -0.118. The average Bonchev–Trinajstić information content (AvgIpc) is 3.15. The van der Waals surface area contributed by atoms with Gasteiger partial charge in [0, 0.05) is 29.5 Å². The highest BCUT2D eigenvalue weighted by Gasteiger charge is 2.16. The number of carbonyl (C=O) groups excluding carboxylic acids is 2. The topological polar surface area (TPSA) is 84.0 Å². The van der Waals surface area contributed by atoms with Gasteiger partial charge in [-0.15, -0.1) is 22.7 Å². The molecule has 0 radical (unpaired) electrons. The Morgan fingerprint density at radius 3 is 2.73 bits per heavy atom. The maximum atomic E-state index is 12.1. The van der Waals surface area contributed by atoms with Gasteiger partial charge in [0.15, 0.2) is 10.0 Å². The third-order valence-electron chi connectivity index (χ3n) is 2.71. The lowest BCUT2D eigenvalue weighted by Crippen LogP contribution is -2.30. The van der Waals surface area contributed by atoms with E-state index in [-0.39, 0.29) is 11.8 Å². The summed E-state index contributed by atoms with van der Waals surface area (Å²) in [4.78, 5) is 32.7. The van der Waals surface area contributed by atoms with Crippen molar-refractivity contribution in [3.05, 3.63) is 22.1 Å². The molecule has 0 bridgehead atoms. The van der Waals surface area contributed by atoms with Crippen molar-refractivity contribution < 1.29 is 9.59 Å². The molecule has 0 spiro atoms. The van der Waals surface area contributed by atoms with Crippen LogP contribution >= 0.6 is 45.3 Å². The van der Waals surface area contributed by atoms with Gasteiger partial charge in [0.05, 0.1) is 4.43 Å². The van der Waals surface area contributed by atoms with Crippen LogP contribution in [0.25, 0.3) is 10.0 Å². The molecule has 0 atom stereocenters. The van der Waals surface area contributed by atoms with E-state index in [4.69, 9.17) is 0 Å². The summed E-state index contributed by atoms with van der Waals surface area (Å²) in [6.07, 6.45) is 2.41. The number of thiazole rings is 2. The molecule has 0 fully saturated rings. The van der Waals surface area contributed by atoms with E-state index < -0.39 is 0 Å². The molecule has 0 saturated carbocycles. The summed E-state index contributed by atoms with van der Waals surface area (Å²) in [5.74, 6) is -0.174. The molecule has 2 aromatic rings. The normalized spacial score (nSPS) is 10.5. The Morgan fingerprint density at radius 2 is 2.05 bits per heavy atom. The first-order chi connectivity index (χ1) is 10.6. The van der Waals surface area contributed by atoms with Gasteiger partial charge in [-0.2, -0.15) is 0 Å². The summed E-state index contributed by atoms with van der Waals surface area (Å²) in [5.41, 5.74) is 0.450. The van der Waals surface area contributed by atoms with Crippen molar-refractivity contribution in [2.75, 3.05) is 17.5 Å².